The first-order valence-electron chi connectivity index (χ1n) is 10.00. The van der Waals surface area contributed by atoms with Crippen molar-refractivity contribution in [2.45, 2.75) is 56.5 Å². The van der Waals surface area contributed by atoms with Crippen LogP contribution in [0.3, 0.4) is 0 Å². The molecule has 0 atom stereocenters. The van der Waals surface area contributed by atoms with Crippen LogP contribution in [0.25, 0.3) is 0 Å². The summed E-state index contributed by atoms with van der Waals surface area (Å²) >= 11 is 0. The van der Waals surface area contributed by atoms with Gasteiger partial charge in [0, 0.05) is 18.3 Å². The minimum atomic E-state index is -0.280. The summed E-state index contributed by atoms with van der Waals surface area (Å²) in [5, 5.41) is 0. The Bertz CT molecular complexity index is 665. The number of carbonyl (C=O) groups excluding carboxylic acids is 1. The molecular weight excluding hydrogens is 329 g/mol. The van der Waals surface area contributed by atoms with Crippen LogP contribution < -0.4 is 4.90 Å². The third kappa shape index (κ3) is 3.11. The minimum Gasteiger partial charge on any atom is -0.317 e. The number of nitrogens with zero attached hydrogens (tertiary/aromatic N) is 3. The van der Waals surface area contributed by atoms with Gasteiger partial charge < -0.3 is 9.80 Å². The molecule has 4 rings (SSSR count). The zero-order valence-electron chi connectivity index (χ0n) is 16.0. The number of anilines is 1. The van der Waals surface area contributed by atoms with Gasteiger partial charge in [-0.05, 0) is 76.7 Å². The van der Waals surface area contributed by atoms with Crippen molar-refractivity contribution in [3.63, 3.8) is 0 Å². The summed E-state index contributed by atoms with van der Waals surface area (Å²) in [4.78, 5) is 19.6. The van der Waals surface area contributed by atoms with Crippen LogP contribution in [0, 0.1) is 11.7 Å². The highest BCUT2D eigenvalue weighted by atomic mass is 19.1. The van der Waals surface area contributed by atoms with Crippen molar-refractivity contribution in [1.82, 2.24) is 9.80 Å². The topological polar surface area (TPSA) is 26.8 Å². The Balaban J connectivity index is 1.59. The molecule has 1 aliphatic heterocycles. The van der Waals surface area contributed by atoms with Gasteiger partial charge in [-0.2, -0.15) is 0 Å². The van der Waals surface area contributed by atoms with Crippen LogP contribution in [0.15, 0.2) is 24.3 Å². The molecular formula is C21H30FN3O. The Kier molecular flexibility index (Phi) is 4.68. The van der Waals surface area contributed by atoms with Gasteiger partial charge in [-0.15, -0.1) is 0 Å². The van der Waals surface area contributed by atoms with Gasteiger partial charge in [-0.1, -0.05) is 12.5 Å². The van der Waals surface area contributed by atoms with Crippen LogP contribution in [0.1, 0.15) is 44.9 Å². The van der Waals surface area contributed by atoms with E-state index >= 15 is 0 Å². The lowest BCUT2D eigenvalue weighted by Gasteiger charge is -2.45. The van der Waals surface area contributed by atoms with E-state index in [0.717, 1.165) is 32.2 Å². The van der Waals surface area contributed by atoms with Crippen LogP contribution >= 0.6 is 0 Å². The Morgan fingerprint density at radius 2 is 1.92 bits per heavy atom. The number of halogens is 1. The number of urea groups is 1. The molecule has 0 bridgehead atoms. The molecule has 0 unspecified atom stereocenters. The van der Waals surface area contributed by atoms with Crippen LogP contribution in [0.4, 0.5) is 14.9 Å². The monoisotopic (exact) mass is 359 g/mol. The number of hydrogen-bond acceptors (Lipinski definition) is 2. The Hall–Kier alpha value is -1.62. The number of amides is 2. The lowest BCUT2D eigenvalue weighted by Crippen LogP contribution is -2.53. The highest BCUT2D eigenvalue weighted by Crippen LogP contribution is 2.43. The van der Waals surface area contributed by atoms with Crippen LogP contribution in [-0.2, 0) is 0 Å². The van der Waals surface area contributed by atoms with Gasteiger partial charge in [0.2, 0.25) is 0 Å². The fourth-order valence-electron chi connectivity index (χ4n) is 4.93. The molecule has 0 radical (unpaired) electrons. The summed E-state index contributed by atoms with van der Waals surface area (Å²) in [5.74, 6) is 0.368. The number of carbonyl (C=O) groups is 1. The molecule has 26 heavy (non-hydrogen) atoms. The van der Waals surface area contributed by atoms with Crippen molar-refractivity contribution in [2.24, 2.45) is 5.92 Å². The Labute approximate surface area is 155 Å². The molecule has 1 heterocycles. The zero-order chi connectivity index (χ0) is 18.3. The van der Waals surface area contributed by atoms with Crippen molar-refractivity contribution < 1.29 is 9.18 Å². The van der Waals surface area contributed by atoms with Crippen molar-refractivity contribution in [3.05, 3.63) is 30.1 Å². The van der Waals surface area contributed by atoms with Gasteiger partial charge >= 0.3 is 6.03 Å². The van der Waals surface area contributed by atoms with Crippen molar-refractivity contribution in [2.75, 3.05) is 32.1 Å². The lowest BCUT2D eigenvalue weighted by atomic mass is 9.77. The van der Waals surface area contributed by atoms with E-state index in [9.17, 15) is 9.18 Å². The molecule has 5 heteroatoms. The zero-order valence-corrected chi connectivity index (χ0v) is 16.0. The first-order chi connectivity index (χ1) is 12.5. The molecule has 2 saturated carbocycles. The Morgan fingerprint density at radius 3 is 2.50 bits per heavy atom. The second-order valence-electron chi connectivity index (χ2n) is 8.68. The van der Waals surface area contributed by atoms with Crippen molar-refractivity contribution in [3.8, 4) is 0 Å². The highest BCUT2D eigenvalue weighted by molar-refractivity contribution is 5.95. The third-order valence-electron chi connectivity index (χ3n) is 6.89. The molecule has 1 aromatic rings. The number of hydrogen-bond donors (Lipinski definition) is 0. The largest absolute Gasteiger partial charge is 0.325 e. The van der Waals surface area contributed by atoms with E-state index in [2.05, 4.69) is 23.9 Å². The first kappa shape index (κ1) is 17.8. The number of rotatable bonds is 4. The smallest absolute Gasteiger partial charge is 0.317 e. The molecule has 3 aliphatic rings. The van der Waals surface area contributed by atoms with E-state index in [0.29, 0.717) is 24.2 Å². The molecule has 1 saturated heterocycles. The minimum absolute atomic E-state index is 0.0748. The molecule has 2 amide bonds. The average Bonchev–Trinajstić information content (AvgIpc) is 2.84. The van der Waals surface area contributed by atoms with E-state index in [1.807, 2.05) is 11.0 Å². The van der Waals surface area contributed by atoms with Gasteiger partial charge in [0.15, 0.2) is 0 Å². The van der Waals surface area contributed by atoms with Crippen LogP contribution in [0.5, 0.6) is 0 Å². The quantitative estimate of drug-likeness (QED) is 0.809. The van der Waals surface area contributed by atoms with E-state index in [1.54, 1.807) is 6.07 Å². The van der Waals surface area contributed by atoms with Gasteiger partial charge in [-0.3, -0.25) is 4.90 Å². The summed E-state index contributed by atoms with van der Waals surface area (Å²) in [6, 6.07) is 7.16. The molecule has 142 valence electrons. The average molecular weight is 359 g/mol. The van der Waals surface area contributed by atoms with E-state index in [1.165, 1.54) is 31.4 Å². The molecule has 0 aromatic heterocycles. The third-order valence-corrected chi connectivity index (χ3v) is 6.89. The fraction of sp³-hybridized carbons (Fsp3) is 0.667. The maximum Gasteiger partial charge on any atom is 0.325 e. The summed E-state index contributed by atoms with van der Waals surface area (Å²) in [6.45, 7) is 1.57. The lowest BCUT2D eigenvalue weighted by molar-refractivity contribution is 0.0655. The van der Waals surface area contributed by atoms with Crippen LogP contribution in [-0.4, -0.2) is 54.6 Å². The number of benzene rings is 1. The summed E-state index contributed by atoms with van der Waals surface area (Å²) in [7, 11) is 4.29. The van der Waals surface area contributed by atoms with Crippen molar-refractivity contribution >= 4 is 11.7 Å². The second-order valence-corrected chi connectivity index (χ2v) is 8.68. The summed E-state index contributed by atoms with van der Waals surface area (Å²) < 4.78 is 13.7. The second kappa shape index (κ2) is 6.84. The highest BCUT2D eigenvalue weighted by Gasteiger charge is 2.52. The summed E-state index contributed by atoms with van der Waals surface area (Å²) in [6.07, 6.45) is 8.09. The normalized spacial score (nSPS) is 29.7. The SMILES string of the molecule is CN(C)[C@H]1CC[C@@]2(CC1)CN(c1cccc(F)c1)C(=O)N2CC1CCC1. The predicted molar refractivity (Wildman–Crippen MR) is 102 cm³/mol. The van der Waals surface area contributed by atoms with Crippen LogP contribution in [0.2, 0.25) is 0 Å². The maximum absolute atomic E-state index is 13.7. The van der Waals surface area contributed by atoms with Crippen molar-refractivity contribution in [1.29, 1.82) is 0 Å². The van der Waals surface area contributed by atoms with E-state index < -0.39 is 0 Å². The van der Waals surface area contributed by atoms with Gasteiger partial charge in [0.1, 0.15) is 5.82 Å². The summed E-state index contributed by atoms with van der Waals surface area (Å²) in [5.41, 5.74) is 0.617. The maximum atomic E-state index is 13.7. The van der Waals surface area contributed by atoms with Gasteiger partial charge in [0.05, 0.1) is 12.1 Å². The molecule has 1 aromatic carbocycles. The van der Waals surface area contributed by atoms with E-state index in [-0.39, 0.29) is 17.4 Å². The molecule has 0 N–H and O–H groups in total. The van der Waals surface area contributed by atoms with E-state index in [4.69, 9.17) is 0 Å². The molecule has 3 fully saturated rings. The first-order valence-corrected chi connectivity index (χ1v) is 10.00. The predicted octanol–water partition coefficient (Wildman–Crippen LogP) is 4.11. The standard InChI is InChI=1S/C21H30FN3O/c1-23(2)18-9-11-21(12-10-18)15-24(19-8-4-7-17(22)13-19)20(26)25(21)14-16-5-3-6-16/h4,7-8,13,16,18H,3,5-6,9-12,14-15H2,1-2H3/t18-,21+. The Morgan fingerprint density at radius 1 is 1.19 bits per heavy atom. The van der Waals surface area contributed by atoms with Gasteiger partial charge in [-0.25, -0.2) is 9.18 Å². The molecule has 2 aliphatic carbocycles. The molecule has 1 spiro atoms. The fourth-order valence-corrected chi connectivity index (χ4v) is 4.93. The molecule has 4 nitrogen and oxygen atoms in total. The van der Waals surface area contributed by atoms with Gasteiger partial charge in [0.25, 0.3) is 0 Å².